The number of ether oxygens (including phenoxy) is 1. The third-order valence-corrected chi connectivity index (χ3v) is 4.38. The quantitative estimate of drug-likeness (QED) is 0.580. The second-order valence-electron chi connectivity index (χ2n) is 7.32. The molecule has 1 atom stereocenters. The predicted octanol–water partition coefficient (Wildman–Crippen LogP) is 3.98. The van der Waals surface area contributed by atoms with Crippen LogP contribution in [-0.4, -0.2) is 30.6 Å². The molecule has 2 aromatic carbocycles. The lowest BCUT2D eigenvalue weighted by molar-refractivity contribution is -0.176. The van der Waals surface area contributed by atoms with E-state index in [-0.39, 0.29) is 24.6 Å². The van der Waals surface area contributed by atoms with E-state index in [1.54, 1.807) is 38.1 Å². The van der Waals surface area contributed by atoms with Crippen molar-refractivity contribution in [3.8, 4) is 0 Å². The Morgan fingerprint density at radius 2 is 1.61 bits per heavy atom. The summed E-state index contributed by atoms with van der Waals surface area (Å²) in [6.45, 7) is 2.16. The lowest BCUT2D eigenvalue weighted by Crippen LogP contribution is -2.49. The topological polar surface area (TPSA) is 67.4 Å². The minimum atomic E-state index is -4.38. The van der Waals surface area contributed by atoms with E-state index >= 15 is 0 Å². The average molecular weight is 440 g/mol. The smallest absolute Gasteiger partial charge is 0.367 e. The van der Waals surface area contributed by atoms with Crippen LogP contribution in [0.1, 0.15) is 35.3 Å². The molecular weight excluding hydrogens is 416 g/mol. The molecule has 0 bridgehead atoms. The Bertz CT molecular complexity index is 883. The highest BCUT2D eigenvalue weighted by molar-refractivity contribution is 5.97. The Hall–Kier alpha value is -2.94. The lowest BCUT2D eigenvalue weighted by Gasteiger charge is -2.22. The number of hydrogen-bond donors (Lipinski definition) is 2. The number of hydrogen-bond acceptors (Lipinski definition) is 3. The van der Waals surface area contributed by atoms with Gasteiger partial charge in [-0.05, 0) is 29.2 Å². The zero-order valence-corrected chi connectivity index (χ0v) is 17.1. The molecule has 0 saturated heterocycles. The SMILES string of the molecule is CC(C)C(NC(=O)c1ccccc1F)C(=O)NCc1ccc(COCC(F)(F)F)cc1. The first kappa shape index (κ1) is 24.3. The van der Waals surface area contributed by atoms with Crippen LogP contribution in [0.25, 0.3) is 0 Å². The summed E-state index contributed by atoms with van der Waals surface area (Å²) in [7, 11) is 0. The first-order valence-electron chi connectivity index (χ1n) is 9.62. The summed E-state index contributed by atoms with van der Waals surface area (Å²) in [6, 6.07) is 11.2. The number of rotatable bonds is 9. The number of halogens is 4. The molecule has 5 nitrogen and oxygen atoms in total. The molecule has 0 aliphatic rings. The van der Waals surface area contributed by atoms with Gasteiger partial charge in [-0.1, -0.05) is 50.2 Å². The van der Waals surface area contributed by atoms with Crippen molar-refractivity contribution in [2.75, 3.05) is 6.61 Å². The molecule has 0 fully saturated rings. The fourth-order valence-corrected chi connectivity index (χ4v) is 2.74. The second kappa shape index (κ2) is 10.9. The van der Waals surface area contributed by atoms with E-state index in [1.807, 2.05) is 0 Å². The molecule has 1 unspecified atom stereocenters. The Balaban J connectivity index is 1.90. The van der Waals surface area contributed by atoms with Gasteiger partial charge in [0.2, 0.25) is 5.91 Å². The third kappa shape index (κ3) is 8.01. The molecule has 0 radical (unpaired) electrons. The normalized spacial score (nSPS) is 12.5. The molecule has 9 heteroatoms. The van der Waals surface area contributed by atoms with Crippen molar-refractivity contribution in [3.63, 3.8) is 0 Å². The number of alkyl halides is 3. The van der Waals surface area contributed by atoms with Gasteiger partial charge in [-0.2, -0.15) is 13.2 Å². The van der Waals surface area contributed by atoms with Crippen molar-refractivity contribution in [2.24, 2.45) is 5.92 Å². The van der Waals surface area contributed by atoms with Gasteiger partial charge in [0.15, 0.2) is 0 Å². The van der Waals surface area contributed by atoms with E-state index in [0.29, 0.717) is 5.56 Å². The molecule has 2 amide bonds. The van der Waals surface area contributed by atoms with Crippen LogP contribution in [0.4, 0.5) is 17.6 Å². The van der Waals surface area contributed by atoms with Crippen LogP contribution in [0.15, 0.2) is 48.5 Å². The van der Waals surface area contributed by atoms with E-state index < -0.39 is 36.5 Å². The van der Waals surface area contributed by atoms with Gasteiger partial charge in [0.1, 0.15) is 18.5 Å². The Morgan fingerprint density at radius 3 is 2.19 bits per heavy atom. The molecule has 0 aliphatic heterocycles. The number of nitrogens with one attached hydrogen (secondary N) is 2. The number of amides is 2. The number of carbonyl (C=O) groups excluding carboxylic acids is 2. The summed E-state index contributed by atoms with van der Waals surface area (Å²) >= 11 is 0. The molecular formula is C22H24F4N2O3. The van der Waals surface area contributed by atoms with Crippen LogP contribution in [0.3, 0.4) is 0 Å². The zero-order chi connectivity index (χ0) is 23.0. The van der Waals surface area contributed by atoms with Gasteiger partial charge in [0.05, 0.1) is 12.2 Å². The number of benzene rings is 2. The van der Waals surface area contributed by atoms with Gasteiger partial charge < -0.3 is 15.4 Å². The molecule has 31 heavy (non-hydrogen) atoms. The van der Waals surface area contributed by atoms with Crippen molar-refractivity contribution >= 4 is 11.8 Å². The van der Waals surface area contributed by atoms with E-state index in [0.717, 1.165) is 11.6 Å². The van der Waals surface area contributed by atoms with Crippen LogP contribution in [0.5, 0.6) is 0 Å². The molecule has 2 N–H and O–H groups in total. The van der Waals surface area contributed by atoms with Crippen LogP contribution < -0.4 is 10.6 Å². The molecule has 0 spiro atoms. The van der Waals surface area contributed by atoms with Gasteiger partial charge >= 0.3 is 6.18 Å². The minimum absolute atomic E-state index is 0.149. The maximum atomic E-state index is 13.8. The van der Waals surface area contributed by atoms with Crippen LogP contribution >= 0.6 is 0 Å². The van der Waals surface area contributed by atoms with Crippen LogP contribution in [0, 0.1) is 11.7 Å². The Morgan fingerprint density at radius 1 is 1.00 bits per heavy atom. The first-order chi connectivity index (χ1) is 14.6. The summed E-state index contributed by atoms with van der Waals surface area (Å²) in [5.74, 6) is -2.04. The Kier molecular flexibility index (Phi) is 8.56. The van der Waals surface area contributed by atoms with Gasteiger partial charge in [0.25, 0.3) is 5.91 Å². The predicted molar refractivity (Wildman–Crippen MR) is 106 cm³/mol. The third-order valence-electron chi connectivity index (χ3n) is 4.38. The van der Waals surface area contributed by atoms with Gasteiger partial charge in [0, 0.05) is 6.54 Å². The minimum Gasteiger partial charge on any atom is -0.367 e. The maximum Gasteiger partial charge on any atom is 0.411 e. The molecule has 2 rings (SSSR count). The van der Waals surface area contributed by atoms with E-state index in [9.17, 15) is 27.2 Å². The van der Waals surface area contributed by atoms with Crippen LogP contribution in [-0.2, 0) is 22.7 Å². The van der Waals surface area contributed by atoms with Gasteiger partial charge in [-0.25, -0.2) is 4.39 Å². The van der Waals surface area contributed by atoms with Crippen LogP contribution in [0.2, 0.25) is 0 Å². The highest BCUT2D eigenvalue weighted by Crippen LogP contribution is 2.16. The highest BCUT2D eigenvalue weighted by atomic mass is 19.4. The first-order valence-corrected chi connectivity index (χ1v) is 9.62. The van der Waals surface area contributed by atoms with E-state index in [4.69, 9.17) is 0 Å². The highest BCUT2D eigenvalue weighted by Gasteiger charge is 2.27. The molecule has 0 aromatic heterocycles. The summed E-state index contributed by atoms with van der Waals surface area (Å²) in [5, 5.41) is 5.26. The van der Waals surface area contributed by atoms with Gasteiger partial charge in [-0.3, -0.25) is 9.59 Å². The van der Waals surface area contributed by atoms with Crippen molar-refractivity contribution < 1.29 is 31.9 Å². The standard InChI is InChI=1S/C22H24F4N2O3/c1-14(2)19(28-20(29)17-5-3-4-6-18(17)23)21(30)27-11-15-7-9-16(10-8-15)12-31-13-22(24,25)26/h3-10,14,19H,11-13H2,1-2H3,(H,27,30)(H,28,29). The summed E-state index contributed by atoms with van der Waals surface area (Å²) in [4.78, 5) is 24.9. The van der Waals surface area contributed by atoms with Crippen molar-refractivity contribution in [3.05, 3.63) is 71.0 Å². The second-order valence-corrected chi connectivity index (χ2v) is 7.32. The molecule has 0 heterocycles. The van der Waals surface area contributed by atoms with Crippen molar-refractivity contribution in [1.82, 2.24) is 10.6 Å². The maximum absolute atomic E-state index is 13.8. The monoisotopic (exact) mass is 440 g/mol. The van der Waals surface area contributed by atoms with Crippen molar-refractivity contribution in [2.45, 2.75) is 39.2 Å². The van der Waals surface area contributed by atoms with Gasteiger partial charge in [-0.15, -0.1) is 0 Å². The fraction of sp³-hybridized carbons (Fsp3) is 0.364. The summed E-state index contributed by atoms with van der Waals surface area (Å²) in [6.07, 6.45) is -4.38. The Labute approximate surface area is 177 Å². The average Bonchev–Trinajstić information content (AvgIpc) is 2.70. The van der Waals surface area contributed by atoms with Crippen molar-refractivity contribution in [1.29, 1.82) is 0 Å². The summed E-state index contributed by atoms with van der Waals surface area (Å²) in [5.41, 5.74) is 1.14. The fourth-order valence-electron chi connectivity index (χ4n) is 2.74. The zero-order valence-electron chi connectivity index (χ0n) is 17.1. The largest absolute Gasteiger partial charge is 0.411 e. The molecule has 0 saturated carbocycles. The van der Waals surface area contributed by atoms with E-state index in [2.05, 4.69) is 15.4 Å². The van der Waals surface area contributed by atoms with E-state index in [1.165, 1.54) is 18.2 Å². The molecule has 0 aliphatic carbocycles. The molecule has 2 aromatic rings. The molecule has 168 valence electrons. The number of carbonyl (C=O) groups is 2. The summed E-state index contributed by atoms with van der Waals surface area (Å²) < 4.78 is 54.7. The lowest BCUT2D eigenvalue weighted by atomic mass is 10.0.